The first-order valence-electron chi connectivity index (χ1n) is 8.66. The van der Waals surface area contributed by atoms with Crippen molar-refractivity contribution in [3.05, 3.63) is 60.5 Å². The molecule has 2 aromatic carbocycles. The summed E-state index contributed by atoms with van der Waals surface area (Å²) in [5.41, 5.74) is 7.11. The van der Waals surface area contributed by atoms with E-state index in [0.29, 0.717) is 24.6 Å². The van der Waals surface area contributed by atoms with Crippen molar-refractivity contribution >= 4 is 23.1 Å². The normalized spacial score (nSPS) is 10.5. The van der Waals surface area contributed by atoms with Crippen LogP contribution in [0.4, 0.5) is 27.5 Å². The molecule has 0 saturated carbocycles. The highest BCUT2D eigenvalue weighted by Crippen LogP contribution is 2.36. The molecule has 0 radical (unpaired) electrons. The summed E-state index contributed by atoms with van der Waals surface area (Å²) in [6.07, 6.45) is 1.06. The molecule has 1 aromatic heterocycles. The molecule has 1 heterocycles. The molecule has 0 bridgehead atoms. The summed E-state index contributed by atoms with van der Waals surface area (Å²) in [4.78, 5) is 9.47. The molecular formula is C20H21FN4O2. The average Bonchev–Trinajstić information content (AvgIpc) is 2.68. The number of nitrogens with two attached hydrogens (primary N) is 1. The Balaban J connectivity index is 2.07. The molecule has 0 fully saturated rings. The van der Waals surface area contributed by atoms with Crippen molar-refractivity contribution in [1.29, 1.82) is 0 Å². The van der Waals surface area contributed by atoms with Crippen molar-refractivity contribution in [1.82, 2.24) is 9.97 Å². The van der Waals surface area contributed by atoms with Gasteiger partial charge in [0, 0.05) is 11.4 Å². The third-order valence-corrected chi connectivity index (χ3v) is 3.77. The molecule has 3 rings (SSSR count). The van der Waals surface area contributed by atoms with E-state index in [1.54, 1.807) is 4.90 Å². The van der Waals surface area contributed by atoms with Gasteiger partial charge in [-0.3, -0.25) is 4.90 Å². The Morgan fingerprint density at radius 1 is 0.889 bits per heavy atom. The van der Waals surface area contributed by atoms with E-state index in [1.807, 2.05) is 62.4 Å². The first kappa shape index (κ1) is 18.4. The lowest BCUT2D eigenvalue weighted by Crippen LogP contribution is -2.15. The Labute approximate surface area is 157 Å². The second-order valence-electron chi connectivity index (χ2n) is 5.59. The molecule has 3 aromatic rings. The summed E-state index contributed by atoms with van der Waals surface area (Å²) in [7, 11) is 0. The van der Waals surface area contributed by atoms with Gasteiger partial charge < -0.3 is 15.2 Å². The van der Waals surface area contributed by atoms with Crippen molar-refractivity contribution in [3.8, 4) is 11.5 Å². The van der Waals surface area contributed by atoms with Gasteiger partial charge in [-0.25, -0.2) is 9.37 Å². The van der Waals surface area contributed by atoms with E-state index in [-0.39, 0.29) is 11.8 Å². The molecule has 7 heteroatoms. The average molecular weight is 368 g/mol. The second kappa shape index (κ2) is 8.35. The zero-order chi connectivity index (χ0) is 19.2. The molecule has 2 N–H and O–H groups in total. The molecular weight excluding hydrogens is 347 g/mol. The van der Waals surface area contributed by atoms with E-state index in [0.717, 1.165) is 17.7 Å². The van der Waals surface area contributed by atoms with Gasteiger partial charge in [0.1, 0.15) is 11.5 Å². The van der Waals surface area contributed by atoms with Gasteiger partial charge in [0.05, 0.1) is 19.4 Å². The number of hydrogen-bond donors (Lipinski definition) is 1. The van der Waals surface area contributed by atoms with Crippen LogP contribution < -0.4 is 20.1 Å². The molecule has 27 heavy (non-hydrogen) atoms. The van der Waals surface area contributed by atoms with Crippen LogP contribution in [0.25, 0.3) is 0 Å². The van der Waals surface area contributed by atoms with Gasteiger partial charge in [-0.15, -0.1) is 0 Å². The van der Waals surface area contributed by atoms with Crippen molar-refractivity contribution < 1.29 is 13.9 Å². The SMILES string of the molecule is CCOc1ccc(N(c2ccc(OCC)cc2)c2nc(N)ncc2F)cc1. The molecule has 140 valence electrons. The van der Waals surface area contributed by atoms with Crippen LogP contribution in [0.15, 0.2) is 54.7 Å². The summed E-state index contributed by atoms with van der Waals surface area (Å²) >= 11 is 0. The predicted molar refractivity (Wildman–Crippen MR) is 103 cm³/mol. The zero-order valence-corrected chi connectivity index (χ0v) is 15.2. The molecule has 0 aliphatic rings. The number of nitrogen functional groups attached to an aromatic ring is 1. The number of ether oxygens (including phenoxy) is 2. The van der Waals surface area contributed by atoms with Crippen LogP contribution in [0.1, 0.15) is 13.8 Å². The van der Waals surface area contributed by atoms with Crippen molar-refractivity contribution in [2.75, 3.05) is 23.8 Å². The van der Waals surface area contributed by atoms with Gasteiger partial charge in [-0.1, -0.05) is 0 Å². The van der Waals surface area contributed by atoms with Gasteiger partial charge in [0.25, 0.3) is 0 Å². The lowest BCUT2D eigenvalue weighted by Gasteiger charge is -2.25. The Bertz CT molecular complexity index is 836. The number of hydrogen-bond acceptors (Lipinski definition) is 6. The summed E-state index contributed by atoms with van der Waals surface area (Å²) in [5.74, 6) is 0.946. The van der Waals surface area contributed by atoms with Crippen LogP contribution >= 0.6 is 0 Å². The minimum Gasteiger partial charge on any atom is -0.494 e. The van der Waals surface area contributed by atoms with Crippen LogP contribution in [0.5, 0.6) is 11.5 Å². The van der Waals surface area contributed by atoms with E-state index in [2.05, 4.69) is 9.97 Å². The maximum absolute atomic E-state index is 14.5. The lowest BCUT2D eigenvalue weighted by atomic mass is 10.2. The first-order chi connectivity index (χ1) is 13.1. The Hall–Kier alpha value is -3.35. The third kappa shape index (κ3) is 4.25. The number of halogens is 1. The van der Waals surface area contributed by atoms with Gasteiger partial charge in [-0.2, -0.15) is 4.98 Å². The van der Waals surface area contributed by atoms with Crippen molar-refractivity contribution in [3.63, 3.8) is 0 Å². The molecule has 0 saturated heterocycles. The minimum absolute atomic E-state index is 0.00623. The Morgan fingerprint density at radius 2 is 1.37 bits per heavy atom. The molecule has 6 nitrogen and oxygen atoms in total. The topological polar surface area (TPSA) is 73.5 Å². The maximum Gasteiger partial charge on any atom is 0.222 e. The number of benzene rings is 2. The third-order valence-electron chi connectivity index (χ3n) is 3.77. The summed E-state index contributed by atoms with van der Waals surface area (Å²) < 4.78 is 25.5. The van der Waals surface area contributed by atoms with Gasteiger partial charge in [0.2, 0.25) is 5.95 Å². The molecule has 0 aliphatic heterocycles. The van der Waals surface area contributed by atoms with Crippen LogP contribution in [0.2, 0.25) is 0 Å². The molecule has 0 atom stereocenters. The Kier molecular flexibility index (Phi) is 5.71. The maximum atomic E-state index is 14.5. The van der Waals surface area contributed by atoms with Crippen LogP contribution in [-0.2, 0) is 0 Å². The summed E-state index contributed by atoms with van der Waals surface area (Å²) in [5, 5.41) is 0. The minimum atomic E-state index is -0.577. The van der Waals surface area contributed by atoms with E-state index in [4.69, 9.17) is 15.2 Å². The highest BCUT2D eigenvalue weighted by Gasteiger charge is 2.19. The molecule has 0 spiro atoms. The Morgan fingerprint density at radius 3 is 1.81 bits per heavy atom. The van der Waals surface area contributed by atoms with Gasteiger partial charge >= 0.3 is 0 Å². The van der Waals surface area contributed by atoms with E-state index in [9.17, 15) is 4.39 Å². The number of rotatable bonds is 7. The molecule has 0 amide bonds. The second-order valence-corrected chi connectivity index (χ2v) is 5.59. The van der Waals surface area contributed by atoms with Gasteiger partial charge in [0.15, 0.2) is 11.6 Å². The fourth-order valence-corrected chi connectivity index (χ4v) is 2.64. The first-order valence-corrected chi connectivity index (χ1v) is 8.66. The van der Waals surface area contributed by atoms with Crippen LogP contribution in [0.3, 0.4) is 0 Å². The largest absolute Gasteiger partial charge is 0.494 e. The monoisotopic (exact) mass is 368 g/mol. The van der Waals surface area contributed by atoms with Gasteiger partial charge in [-0.05, 0) is 62.4 Å². The smallest absolute Gasteiger partial charge is 0.222 e. The highest BCUT2D eigenvalue weighted by molar-refractivity contribution is 5.75. The zero-order valence-electron chi connectivity index (χ0n) is 15.2. The number of anilines is 4. The fourth-order valence-electron chi connectivity index (χ4n) is 2.64. The molecule has 0 aliphatic carbocycles. The number of nitrogens with zero attached hydrogens (tertiary/aromatic N) is 3. The molecule has 0 unspecified atom stereocenters. The predicted octanol–water partition coefficient (Wildman–Crippen LogP) is 4.47. The summed E-state index contributed by atoms with van der Waals surface area (Å²) in [6, 6.07) is 14.6. The van der Waals surface area contributed by atoms with Crippen molar-refractivity contribution in [2.24, 2.45) is 0 Å². The van der Waals surface area contributed by atoms with Crippen LogP contribution in [-0.4, -0.2) is 23.2 Å². The van der Waals surface area contributed by atoms with E-state index >= 15 is 0 Å². The van der Waals surface area contributed by atoms with E-state index < -0.39 is 5.82 Å². The highest BCUT2D eigenvalue weighted by atomic mass is 19.1. The summed E-state index contributed by atoms with van der Waals surface area (Å²) in [6.45, 7) is 4.97. The lowest BCUT2D eigenvalue weighted by molar-refractivity contribution is 0.340. The number of aromatic nitrogens is 2. The van der Waals surface area contributed by atoms with E-state index in [1.165, 1.54) is 0 Å². The van der Waals surface area contributed by atoms with Crippen LogP contribution in [0, 0.1) is 5.82 Å². The standard InChI is InChI=1S/C20H21FN4O2/c1-3-26-16-9-5-14(6-10-16)25(19-18(21)13-23-20(22)24-19)15-7-11-17(12-8-15)27-4-2/h5-13H,3-4H2,1-2H3,(H2,22,23,24). The quantitative estimate of drug-likeness (QED) is 0.663. The fraction of sp³-hybridized carbons (Fsp3) is 0.200. The van der Waals surface area contributed by atoms with Crippen molar-refractivity contribution in [2.45, 2.75) is 13.8 Å².